The predicted octanol–water partition coefficient (Wildman–Crippen LogP) is 6.57. The second kappa shape index (κ2) is 6.12. The monoisotopic (exact) mass is 479 g/mol. The Morgan fingerprint density at radius 2 is 1.26 bits per heavy atom. The third-order valence-electron chi connectivity index (χ3n) is 3.12. The Labute approximate surface area is 141 Å². The van der Waals surface area contributed by atoms with Crippen molar-refractivity contribution in [2.24, 2.45) is 5.92 Å². The van der Waals surface area contributed by atoms with Crippen molar-refractivity contribution >= 4 is 31.9 Å². The van der Waals surface area contributed by atoms with Crippen molar-refractivity contribution in [3.8, 4) is 0 Å². The first kappa shape index (κ1) is 20.6. The maximum atomic E-state index is 14.8. The molecule has 0 fully saturated rings. The van der Waals surface area contributed by atoms with E-state index in [9.17, 15) is 39.5 Å². The molecule has 0 aliphatic carbocycles. The summed E-state index contributed by atoms with van der Waals surface area (Å²) in [5, 5.41) is 0. The van der Waals surface area contributed by atoms with Crippen molar-refractivity contribution in [1.29, 1.82) is 0 Å². The van der Waals surface area contributed by atoms with E-state index in [1.165, 1.54) is 0 Å². The molecule has 0 amide bonds. The summed E-state index contributed by atoms with van der Waals surface area (Å²) in [4.78, 5) is 0. The van der Waals surface area contributed by atoms with Gasteiger partial charge in [0.1, 0.15) is 0 Å². The SMILES string of the molecule is CC(C(F)(F)F)C(F)(c1cc(Br)[c]c(Br)c1)C(F)(F)C(F)(F)F. The number of alkyl halides is 9. The molecule has 0 spiro atoms. The van der Waals surface area contributed by atoms with Crippen LogP contribution in [0.15, 0.2) is 21.1 Å². The molecule has 0 saturated carbocycles. The van der Waals surface area contributed by atoms with Crippen LogP contribution in [-0.4, -0.2) is 18.3 Å². The van der Waals surface area contributed by atoms with Gasteiger partial charge in [0.2, 0.25) is 5.67 Å². The Morgan fingerprint density at radius 1 is 0.870 bits per heavy atom. The third-order valence-corrected chi connectivity index (χ3v) is 3.98. The topological polar surface area (TPSA) is 0 Å². The maximum Gasteiger partial charge on any atom is 0.457 e. The molecule has 0 nitrogen and oxygen atoms in total. The van der Waals surface area contributed by atoms with Gasteiger partial charge in [-0.05, 0) is 17.7 Å². The molecule has 0 aromatic heterocycles. The largest absolute Gasteiger partial charge is 0.457 e. The second-order valence-electron chi connectivity index (χ2n) is 4.61. The van der Waals surface area contributed by atoms with Gasteiger partial charge in [0.05, 0.1) is 5.92 Å². The highest BCUT2D eigenvalue weighted by atomic mass is 79.9. The van der Waals surface area contributed by atoms with Crippen molar-refractivity contribution in [3.63, 3.8) is 0 Å². The van der Waals surface area contributed by atoms with E-state index >= 15 is 0 Å². The molecular formula is C12H6Br2F9. The molecule has 0 saturated heterocycles. The average Bonchev–Trinajstić information content (AvgIpc) is 2.32. The van der Waals surface area contributed by atoms with Crippen LogP contribution in [0.5, 0.6) is 0 Å². The fraction of sp³-hybridized carbons (Fsp3) is 0.500. The summed E-state index contributed by atoms with van der Waals surface area (Å²) >= 11 is 5.33. The lowest BCUT2D eigenvalue weighted by Gasteiger charge is -2.39. The van der Waals surface area contributed by atoms with E-state index in [0.717, 1.165) is 0 Å². The molecular weight excluding hydrogens is 475 g/mol. The molecule has 131 valence electrons. The minimum atomic E-state index is -6.53. The normalized spacial score (nSPS) is 17.7. The highest BCUT2D eigenvalue weighted by Gasteiger charge is 2.76. The van der Waals surface area contributed by atoms with Crippen LogP contribution < -0.4 is 0 Å². The van der Waals surface area contributed by atoms with E-state index in [-0.39, 0.29) is 15.9 Å². The number of rotatable bonds is 3. The van der Waals surface area contributed by atoms with E-state index in [4.69, 9.17) is 0 Å². The Hall–Kier alpha value is -0.450. The van der Waals surface area contributed by atoms with Crippen molar-refractivity contribution < 1.29 is 39.5 Å². The smallest absolute Gasteiger partial charge is 0.231 e. The molecule has 1 rings (SSSR count). The van der Waals surface area contributed by atoms with Crippen LogP contribution >= 0.6 is 31.9 Å². The molecule has 2 atom stereocenters. The molecule has 0 bridgehead atoms. The summed E-state index contributed by atoms with van der Waals surface area (Å²) in [6.45, 7) is -0.0713. The van der Waals surface area contributed by atoms with Crippen LogP contribution in [0.4, 0.5) is 39.5 Å². The van der Waals surface area contributed by atoms with E-state index in [0.29, 0.717) is 12.1 Å². The van der Waals surface area contributed by atoms with Gasteiger partial charge in [-0.3, -0.25) is 0 Å². The van der Waals surface area contributed by atoms with Gasteiger partial charge >= 0.3 is 18.3 Å². The second-order valence-corrected chi connectivity index (χ2v) is 6.32. The third kappa shape index (κ3) is 3.64. The summed E-state index contributed by atoms with van der Waals surface area (Å²) in [6, 6.07) is 3.10. The van der Waals surface area contributed by atoms with Crippen molar-refractivity contribution in [2.75, 3.05) is 0 Å². The molecule has 0 aliphatic rings. The average molecular weight is 481 g/mol. The standard InChI is InChI=1S/C12H6Br2F9/c1-5(10(16,17)18)9(15,11(19,20)12(21,22)23)6-2-7(13)4-8(14)3-6/h2-3,5H,1H3. The first-order valence-electron chi connectivity index (χ1n) is 5.64. The zero-order valence-electron chi connectivity index (χ0n) is 10.9. The van der Waals surface area contributed by atoms with Gasteiger partial charge in [0.25, 0.3) is 0 Å². The van der Waals surface area contributed by atoms with E-state index in [2.05, 4.69) is 37.9 Å². The van der Waals surface area contributed by atoms with Crippen LogP contribution in [0.2, 0.25) is 0 Å². The van der Waals surface area contributed by atoms with Crippen molar-refractivity contribution in [1.82, 2.24) is 0 Å². The fourth-order valence-electron chi connectivity index (χ4n) is 1.85. The van der Waals surface area contributed by atoms with Crippen molar-refractivity contribution in [3.05, 3.63) is 32.7 Å². The van der Waals surface area contributed by atoms with Gasteiger partial charge < -0.3 is 0 Å². The van der Waals surface area contributed by atoms with Crippen LogP contribution in [0.25, 0.3) is 0 Å². The molecule has 23 heavy (non-hydrogen) atoms. The highest BCUT2D eigenvalue weighted by Crippen LogP contribution is 2.58. The van der Waals surface area contributed by atoms with E-state index < -0.39 is 35.4 Å². The van der Waals surface area contributed by atoms with E-state index in [1.807, 2.05) is 0 Å². The van der Waals surface area contributed by atoms with Gasteiger partial charge in [0.15, 0.2) is 0 Å². The minimum absolute atomic E-state index is 0.0713. The highest BCUT2D eigenvalue weighted by molar-refractivity contribution is 9.11. The summed E-state index contributed by atoms with van der Waals surface area (Å²) in [7, 11) is 0. The van der Waals surface area contributed by atoms with Crippen LogP contribution in [0, 0.1) is 12.0 Å². The Morgan fingerprint density at radius 3 is 1.57 bits per heavy atom. The quantitative estimate of drug-likeness (QED) is 0.429. The molecule has 0 aliphatic heterocycles. The number of hydrogen-bond acceptors (Lipinski definition) is 0. The Bertz CT molecular complexity index is 559. The molecule has 0 heterocycles. The van der Waals surface area contributed by atoms with Gasteiger partial charge in [-0.2, -0.15) is 35.1 Å². The summed E-state index contributed by atoms with van der Waals surface area (Å²) < 4.78 is 118. The van der Waals surface area contributed by atoms with Crippen LogP contribution in [-0.2, 0) is 5.67 Å². The zero-order valence-corrected chi connectivity index (χ0v) is 14.1. The lowest BCUT2D eigenvalue weighted by molar-refractivity contribution is -0.358. The number of hydrogen-bond donors (Lipinski definition) is 0. The van der Waals surface area contributed by atoms with Crippen molar-refractivity contribution in [2.45, 2.75) is 30.9 Å². The van der Waals surface area contributed by atoms with Crippen LogP contribution in [0.3, 0.4) is 0 Å². The molecule has 1 aromatic carbocycles. The minimum Gasteiger partial charge on any atom is -0.231 e. The van der Waals surface area contributed by atoms with Gasteiger partial charge in [-0.1, -0.05) is 38.8 Å². The summed E-state index contributed by atoms with van der Waals surface area (Å²) in [5.74, 6) is -9.91. The number of benzene rings is 1. The predicted molar refractivity (Wildman–Crippen MR) is 69.7 cm³/mol. The molecule has 1 aromatic rings. The van der Waals surface area contributed by atoms with Gasteiger partial charge in [-0.25, -0.2) is 4.39 Å². The lowest BCUT2D eigenvalue weighted by atomic mass is 9.78. The zero-order chi connectivity index (χ0) is 18.4. The number of halogens is 11. The van der Waals surface area contributed by atoms with Gasteiger partial charge in [-0.15, -0.1) is 0 Å². The molecule has 11 heteroatoms. The Balaban J connectivity index is 3.75. The maximum absolute atomic E-state index is 14.8. The fourth-order valence-corrected chi connectivity index (χ4v) is 3.03. The Kier molecular flexibility index (Phi) is 5.48. The molecule has 0 N–H and O–H groups in total. The van der Waals surface area contributed by atoms with Gasteiger partial charge in [0, 0.05) is 15.0 Å². The van der Waals surface area contributed by atoms with E-state index in [1.54, 1.807) is 0 Å². The first-order valence-corrected chi connectivity index (χ1v) is 7.22. The van der Waals surface area contributed by atoms with Crippen LogP contribution in [0.1, 0.15) is 12.5 Å². The summed E-state index contributed by atoms with van der Waals surface area (Å²) in [5.41, 5.74) is -6.55. The summed E-state index contributed by atoms with van der Waals surface area (Å²) in [6.07, 6.45) is -12.2. The lowest BCUT2D eigenvalue weighted by Crippen LogP contribution is -2.58. The molecule has 1 radical (unpaired) electrons. The molecule has 2 unspecified atom stereocenters. The first-order chi connectivity index (χ1) is 10.0.